The largest absolute Gasteiger partial charge is 0.481 e. The molecular weight excluding hydrogens is 242 g/mol. The van der Waals surface area contributed by atoms with Gasteiger partial charge in [-0.15, -0.1) is 0 Å². The Balaban J connectivity index is 2.17. The first-order valence-electron chi connectivity index (χ1n) is 5.39. The van der Waals surface area contributed by atoms with Crippen LogP contribution in [0.15, 0.2) is 6.33 Å². The Morgan fingerprint density at radius 3 is 3.12 bits per heavy atom. The van der Waals surface area contributed by atoms with Crippen LogP contribution in [0.1, 0.15) is 17.7 Å². The second-order valence-corrected chi connectivity index (χ2v) is 4.61. The number of H-pyrrole nitrogens is 1. The fourth-order valence-corrected chi connectivity index (χ4v) is 2.66. The number of nitrogens with one attached hydrogen (secondary N) is 1. The van der Waals surface area contributed by atoms with Gasteiger partial charge in [0, 0.05) is 5.69 Å². The molecule has 0 bridgehead atoms. The van der Waals surface area contributed by atoms with Gasteiger partial charge in [0.15, 0.2) is 0 Å². The lowest BCUT2D eigenvalue weighted by atomic mass is 9.87. The van der Waals surface area contributed by atoms with E-state index < -0.39 is 5.97 Å². The standard InChI is InChI=1S/C11H10ClN3O2/c12-9-8-6-3-5(11(16)17)1-2-7(6)15-10(8)14-4-13-9/h4-5H,1-3H2,(H,16,17)(H,13,14,15)/t5-/m1/s1. The lowest BCUT2D eigenvalue weighted by Gasteiger charge is -2.18. The van der Waals surface area contributed by atoms with Gasteiger partial charge < -0.3 is 10.1 Å². The number of carbonyl (C=O) groups is 1. The number of aryl methyl sites for hydroxylation is 1. The molecule has 0 amide bonds. The van der Waals surface area contributed by atoms with Crippen LogP contribution in [-0.4, -0.2) is 26.0 Å². The van der Waals surface area contributed by atoms with Gasteiger partial charge in [-0.3, -0.25) is 4.79 Å². The average molecular weight is 252 g/mol. The molecule has 2 heterocycles. The first-order chi connectivity index (χ1) is 8.16. The van der Waals surface area contributed by atoms with Gasteiger partial charge in [-0.2, -0.15) is 0 Å². The number of aromatic nitrogens is 3. The summed E-state index contributed by atoms with van der Waals surface area (Å²) < 4.78 is 0. The van der Waals surface area contributed by atoms with E-state index in [-0.39, 0.29) is 5.92 Å². The predicted octanol–water partition coefficient (Wildman–Crippen LogP) is 1.80. The topological polar surface area (TPSA) is 78.9 Å². The van der Waals surface area contributed by atoms with Gasteiger partial charge >= 0.3 is 5.97 Å². The van der Waals surface area contributed by atoms with Crippen LogP contribution in [0.5, 0.6) is 0 Å². The number of hydrogen-bond donors (Lipinski definition) is 2. The van der Waals surface area contributed by atoms with Gasteiger partial charge in [0.05, 0.1) is 11.3 Å². The van der Waals surface area contributed by atoms with Crippen molar-refractivity contribution < 1.29 is 9.90 Å². The van der Waals surface area contributed by atoms with Gasteiger partial charge in [-0.1, -0.05) is 11.6 Å². The van der Waals surface area contributed by atoms with E-state index in [9.17, 15) is 4.79 Å². The molecule has 6 heteroatoms. The van der Waals surface area contributed by atoms with Gasteiger partial charge in [-0.25, -0.2) is 9.97 Å². The third-order valence-corrected chi connectivity index (χ3v) is 3.57. The van der Waals surface area contributed by atoms with Crippen LogP contribution in [-0.2, 0) is 17.6 Å². The number of fused-ring (bicyclic) bond motifs is 3. The van der Waals surface area contributed by atoms with Crippen molar-refractivity contribution in [2.75, 3.05) is 0 Å². The molecule has 2 N–H and O–H groups in total. The van der Waals surface area contributed by atoms with Crippen molar-refractivity contribution in [1.29, 1.82) is 0 Å². The molecule has 2 aromatic heterocycles. The summed E-state index contributed by atoms with van der Waals surface area (Å²) in [5.74, 6) is -1.09. The number of hydrogen-bond acceptors (Lipinski definition) is 3. The van der Waals surface area contributed by atoms with Crippen molar-refractivity contribution >= 4 is 28.6 Å². The highest BCUT2D eigenvalue weighted by Crippen LogP contribution is 2.33. The molecular formula is C11H10ClN3O2. The summed E-state index contributed by atoms with van der Waals surface area (Å²) in [6, 6.07) is 0. The highest BCUT2D eigenvalue weighted by Gasteiger charge is 2.28. The van der Waals surface area contributed by atoms with Crippen LogP contribution in [0.4, 0.5) is 0 Å². The number of carboxylic acid groups (broad SMARTS) is 1. The van der Waals surface area contributed by atoms with E-state index in [1.165, 1.54) is 6.33 Å². The number of carboxylic acids is 1. The molecule has 0 radical (unpaired) electrons. The molecule has 0 aromatic carbocycles. The quantitative estimate of drug-likeness (QED) is 0.758. The Morgan fingerprint density at radius 1 is 1.53 bits per heavy atom. The normalized spacial score (nSPS) is 19.2. The summed E-state index contributed by atoms with van der Waals surface area (Å²) in [5, 5.41) is 10.2. The first-order valence-corrected chi connectivity index (χ1v) is 5.77. The number of aromatic amines is 1. The van der Waals surface area contributed by atoms with E-state index in [2.05, 4.69) is 15.0 Å². The minimum Gasteiger partial charge on any atom is -0.481 e. The third-order valence-electron chi connectivity index (χ3n) is 3.28. The highest BCUT2D eigenvalue weighted by molar-refractivity contribution is 6.34. The molecule has 17 heavy (non-hydrogen) atoms. The van der Waals surface area contributed by atoms with Crippen LogP contribution in [0, 0.1) is 5.92 Å². The third kappa shape index (κ3) is 1.58. The molecule has 1 atom stereocenters. The fourth-order valence-electron chi connectivity index (χ4n) is 2.41. The average Bonchev–Trinajstić information content (AvgIpc) is 2.67. The molecule has 2 aromatic rings. The molecule has 3 rings (SSSR count). The lowest BCUT2D eigenvalue weighted by molar-refractivity contribution is -0.142. The highest BCUT2D eigenvalue weighted by atomic mass is 35.5. The number of aliphatic carboxylic acids is 1. The van der Waals surface area contributed by atoms with Gasteiger partial charge in [0.2, 0.25) is 0 Å². The summed E-state index contributed by atoms with van der Waals surface area (Å²) in [5.41, 5.74) is 2.70. The van der Waals surface area contributed by atoms with Crippen LogP contribution in [0.2, 0.25) is 5.15 Å². The van der Waals surface area contributed by atoms with E-state index in [4.69, 9.17) is 16.7 Å². The summed E-state index contributed by atoms with van der Waals surface area (Å²) >= 11 is 6.04. The number of rotatable bonds is 1. The predicted molar refractivity (Wildman–Crippen MR) is 62.0 cm³/mol. The van der Waals surface area contributed by atoms with Crippen LogP contribution >= 0.6 is 11.6 Å². The first kappa shape index (κ1) is 10.5. The monoisotopic (exact) mass is 251 g/mol. The molecule has 1 aliphatic carbocycles. The lowest BCUT2D eigenvalue weighted by Crippen LogP contribution is -2.21. The zero-order chi connectivity index (χ0) is 12.0. The second kappa shape index (κ2) is 3.70. The molecule has 5 nitrogen and oxygen atoms in total. The maximum Gasteiger partial charge on any atom is 0.306 e. The maximum atomic E-state index is 11.0. The van der Waals surface area contributed by atoms with Gasteiger partial charge in [0.25, 0.3) is 0 Å². The number of halogens is 1. The Kier molecular flexibility index (Phi) is 2.29. The summed E-state index contributed by atoms with van der Waals surface area (Å²) in [7, 11) is 0. The zero-order valence-corrected chi connectivity index (χ0v) is 9.66. The Labute approximate surface area is 102 Å². The van der Waals surface area contributed by atoms with E-state index in [0.29, 0.717) is 23.6 Å². The Hall–Kier alpha value is -1.62. The van der Waals surface area contributed by atoms with Crippen LogP contribution < -0.4 is 0 Å². The fraction of sp³-hybridized carbons (Fsp3) is 0.364. The minimum atomic E-state index is -0.752. The van der Waals surface area contributed by atoms with Crippen LogP contribution in [0.25, 0.3) is 11.0 Å². The number of nitrogens with zero attached hydrogens (tertiary/aromatic N) is 2. The maximum absolute atomic E-state index is 11.0. The Morgan fingerprint density at radius 2 is 2.35 bits per heavy atom. The second-order valence-electron chi connectivity index (χ2n) is 4.25. The van der Waals surface area contributed by atoms with E-state index in [1.807, 2.05) is 0 Å². The SMILES string of the molecule is O=C(O)[C@@H]1CCc2[nH]c3ncnc(Cl)c3c2C1. The van der Waals surface area contributed by atoms with Crippen molar-refractivity contribution in [3.63, 3.8) is 0 Å². The zero-order valence-electron chi connectivity index (χ0n) is 8.90. The van der Waals surface area contributed by atoms with Crippen molar-refractivity contribution in [3.8, 4) is 0 Å². The molecule has 0 fully saturated rings. The molecule has 0 aliphatic heterocycles. The van der Waals surface area contributed by atoms with E-state index in [1.54, 1.807) is 0 Å². The van der Waals surface area contributed by atoms with Crippen molar-refractivity contribution in [2.24, 2.45) is 5.92 Å². The van der Waals surface area contributed by atoms with Gasteiger partial charge in [-0.05, 0) is 24.8 Å². The molecule has 0 spiro atoms. The summed E-state index contributed by atoms with van der Waals surface area (Å²) in [4.78, 5) is 22.3. The minimum absolute atomic E-state index is 0.335. The van der Waals surface area contributed by atoms with Crippen LogP contribution in [0.3, 0.4) is 0 Å². The van der Waals surface area contributed by atoms with Crippen molar-refractivity contribution in [3.05, 3.63) is 22.7 Å². The van der Waals surface area contributed by atoms with Crippen molar-refractivity contribution in [2.45, 2.75) is 19.3 Å². The van der Waals surface area contributed by atoms with E-state index >= 15 is 0 Å². The molecule has 0 saturated carbocycles. The van der Waals surface area contributed by atoms with Crippen molar-refractivity contribution in [1.82, 2.24) is 15.0 Å². The molecule has 1 aliphatic rings. The summed E-state index contributed by atoms with van der Waals surface area (Å²) in [6.45, 7) is 0. The molecule has 88 valence electrons. The van der Waals surface area contributed by atoms with Gasteiger partial charge in [0.1, 0.15) is 17.1 Å². The Bertz CT molecular complexity index is 608. The molecule has 0 unspecified atom stereocenters. The summed E-state index contributed by atoms with van der Waals surface area (Å²) in [6.07, 6.45) is 3.28. The molecule has 0 saturated heterocycles. The smallest absolute Gasteiger partial charge is 0.306 e. The van der Waals surface area contributed by atoms with E-state index in [0.717, 1.165) is 23.1 Å².